The molecule has 3 rings (SSSR count). The fourth-order valence-electron chi connectivity index (χ4n) is 3.02. The molecular formula is C15H20ClN5O2. The lowest BCUT2D eigenvalue weighted by Gasteiger charge is -2.19. The lowest BCUT2D eigenvalue weighted by atomic mass is 10.0. The van der Waals surface area contributed by atoms with Crippen LogP contribution in [0, 0.1) is 19.8 Å². The minimum atomic E-state index is 0.0629. The van der Waals surface area contributed by atoms with Crippen LogP contribution in [0.15, 0.2) is 10.6 Å². The van der Waals surface area contributed by atoms with Crippen molar-refractivity contribution in [1.29, 1.82) is 0 Å². The van der Waals surface area contributed by atoms with Crippen LogP contribution in [0.5, 0.6) is 0 Å². The third-order valence-corrected chi connectivity index (χ3v) is 4.58. The van der Waals surface area contributed by atoms with Gasteiger partial charge in [0.05, 0.1) is 17.5 Å². The zero-order valence-corrected chi connectivity index (χ0v) is 14.2. The van der Waals surface area contributed by atoms with Gasteiger partial charge in [0.25, 0.3) is 0 Å². The first-order chi connectivity index (χ1) is 11.0. The van der Waals surface area contributed by atoms with Gasteiger partial charge in [-0.2, -0.15) is 4.98 Å². The molecule has 0 radical (unpaired) electrons. The van der Waals surface area contributed by atoms with Crippen molar-refractivity contribution in [2.24, 2.45) is 5.92 Å². The molecule has 3 heterocycles. The second kappa shape index (κ2) is 6.33. The predicted molar refractivity (Wildman–Crippen MR) is 87.6 cm³/mol. The molecule has 124 valence electrons. The van der Waals surface area contributed by atoms with Crippen LogP contribution in [0.4, 0.5) is 11.8 Å². The van der Waals surface area contributed by atoms with Crippen LogP contribution >= 0.6 is 11.6 Å². The maximum absolute atomic E-state index is 6.36. The Morgan fingerprint density at radius 3 is 2.83 bits per heavy atom. The number of hydrogen-bond acceptors (Lipinski definition) is 7. The number of rotatable bonds is 4. The molecule has 0 unspecified atom stereocenters. The highest BCUT2D eigenvalue weighted by Gasteiger charge is 2.35. The molecule has 2 aromatic rings. The van der Waals surface area contributed by atoms with Gasteiger partial charge in [-0.1, -0.05) is 16.8 Å². The normalized spacial score (nSPS) is 21.1. The van der Waals surface area contributed by atoms with Crippen LogP contribution in [0.3, 0.4) is 0 Å². The van der Waals surface area contributed by atoms with Crippen molar-refractivity contribution in [2.45, 2.75) is 26.4 Å². The Labute approximate surface area is 139 Å². The average Bonchev–Trinajstić information content (AvgIpc) is 3.09. The van der Waals surface area contributed by atoms with Crippen LogP contribution in [0.25, 0.3) is 0 Å². The summed E-state index contributed by atoms with van der Waals surface area (Å²) in [5, 5.41) is 4.47. The molecule has 1 saturated heterocycles. The van der Waals surface area contributed by atoms with E-state index < -0.39 is 0 Å². The monoisotopic (exact) mass is 337 g/mol. The van der Waals surface area contributed by atoms with Crippen molar-refractivity contribution in [2.75, 3.05) is 30.8 Å². The van der Waals surface area contributed by atoms with E-state index in [2.05, 4.69) is 20.0 Å². The number of nitrogens with zero attached hydrogens (tertiary/aromatic N) is 4. The number of ether oxygens (including phenoxy) is 1. The van der Waals surface area contributed by atoms with Gasteiger partial charge in [0, 0.05) is 38.6 Å². The van der Waals surface area contributed by atoms with Crippen LogP contribution in [0.2, 0.25) is 5.02 Å². The number of methoxy groups -OCH3 is 1. The molecule has 7 nitrogen and oxygen atoms in total. The van der Waals surface area contributed by atoms with Gasteiger partial charge < -0.3 is 19.9 Å². The smallest absolute Gasteiger partial charge is 0.222 e. The molecular weight excluding hydrogens is 318 g/mol. The molecule has 2 aromatic heterocycles. The summed E-state index contributed by atoms with van der Waals surface area (Å²) < 4.78 is 11.0. The summed E-state index contributed by atoms with van der Waals surface area (Å²) in [4.78, 5) is 10.5. The van der Waals surface area contributed by atoms with Crippen molar-refractivity contribution in [3.63, 3.8) is 0 Å². The molecule has 23 heavy (non-hydrogen) atoms. The molecule has 1 fully saturated rings. The molecule has 0 amide bonds. The van der Waals surface area contributed by atoms with E-state index in [1.165, 1.54) is 0 Å². The second-order valence-corrected chi connectivity index (χ2v) is 6.26. The number of aromatic nitrogens is 3. The van der Waals surface area contributed by atoms with E-state index >= 15 is 0 Å². The van der Waals surface area contributed by atoms with Gasteiger partial charge in [0.2, 0.25) is 5.95 Å². The van der Waals surface area contributed by atoms with E-state index in [0.717, 1.165) is 24.4 Å². The Kier molecular flexibility index (Phi) is 4.41. The van der Waals surface area contributed by atoms with Crippen LogP contribution in [0.1, 0.15) is 17.1 Å². The Morgan fingerprint density at radius 1 is 1.39 bits per heavy atom. The lowest BCUT2D eigenvalue weighted by molar-refractivity contribution is 0.0813. The molecule has 0 saturated carbocycles. The summed E-state index contributed by atoms with van der Waals surface area (Å²) in [5.74, 6) is 2.01. The quantitative estimate of drug-likeness (QED) is 0.912. The summed E-state index contributed by atoms with van der Waals surface area (Å²) >= 11 is 6.36. The van der Waals surface area contributed by atoms with Gasteiger partial charge in [-0.3, -0.25) is 0 Å². The maximum Gasteiger partial charge on any atom is 0.222 e. The Balaban J connectivity index is 1.81. The van der Waals surface area contributed by atoms with Crippen molar-refractivity contribution in [1.82, 2.24) is 15.1 Å². The van der Waals surface area contributed by atoms with Crippen molar-refractivity contribution in [3.05, 3.63) is 28.2 Å². The van der Waals surface area contributed by atoms with Gasteiger partial charge in [-0.05, 0) is 13.8 Å². The minimum absolute atomic E-state index is 0.0629. The van der Waals surface area contributed by atoms with Crippen molar-refractivity contribution in [3.8, 4) is 0 Å². The largest absolute Gasteiger partial charge is 0.379 e. The van der Waals surface area contributed by atoms with Crippen LogP contribution in [-0.4, -0.2) is 41.4 Å². The SMILES string of the molecule is CO[C@H]1CN(c2nc(N)nc(C)c2Cl)C[C@H]1Cc1cc(C)no1. The highest BCUT2D eigenvalue weighted by Crippen LogP contribution is 2.33. The second-order valence-electron chi connectivity index (χ2n) is 5.88. The van der Waals surface area contributed by atoms with E-state index in [1.807, 2.05) is 19.9 Å². The fourth-order valence-corrected chi connectivity index (χ4v) is 3.23. The summed E-state index contributed by atoms with van der Waals surface area (Å²) in [5.41, 5.74) is 7.32. The number of anilines is 2. The standard InChI is InChI=1S/C15H20ClN5O2/c1-8-4-11(23-20-8)5-10-6-21(7-12(10)22-3)14-13(16)9(2)18-15(17)19-14/h4,10,12H,5-7H2,1-3H3,(H2,17,18,19)/t10-,12+/m1/s1. The molecule has 2 atom stereocenters. The number of nitrogen functional groups attached to an aromatic ring is 1. The Bertz CT molecular complexity index is 705. The first-order valence-electron chi connectivity index (χ1n) is 7.47. The van der Waals surface area contributed by atoms with Crippen LogP contribution < -0.4 is 10.6 Å². The first-order valence-corrected chi connectivity index (χ1v) is 7.85. The highest BCUT2D eigenvalue weighted by molar-refractivity contribution is 6.33. The van der Waals surface area contributed by atoms with Gasteiger partial charge in [-0.25, -0.2) is 4.98 Å². The Morgan fingerprint density at radius 2 is 2.17 bits per heavy atom. The molecule has 1 aliphatic rings. The van der Waals surface area contributed by atoms with E-state index in [4.69, 9.17) is 26.6 Å². The molecule has 0 aromatic carbocycles. The molecule has 0 spiro atoms. The predicted octanol–water partition coefficient (Wildman–Crippen LogP) is 2.01. The molecule has 0 aliphatic carbocycles. The number of hydrogen-bond donors (Lipinski definition) is 1. The zero-order chi connectivity index (χ0) is 16.6. The minimum Gasteiger partial charge on any atom is -0.379 e. The third kappa shape index (κ3) is 3.25. The number of aryl methyl sites for hydroxylation is 2. The van der Waals surface area contributed by atoms with E-state index in [1.54, 1.807) is 7.11 Å². The third-order valence-electron chi connectivity index (χ3n) is 4.14. The van der Waals surface area contributed by atoms with Gasteiger partial charge in [0.15, 0.2) is 5.82 Å². The van der Waals surface area contributed by atoms with Gasteiger partial charge in [-0.15, -0.1) is 0 Å². The van der Waals surface area contributed by atoms with E-state index in [0.29, 0.717) is 23.1 Å². The first kappa shape index (κ1) is 16.0. The van der Waals surface area contributed by atoms with Gasteiger partial charge in [0.1, 0.15) is 10.8 Å². The maximum atomic E-state index is 6.36. The fraction of sp³-hybridized carbons (Fsp3) is 0.533. The summed E-state index contributed by atoms with van der Waals surface area (Å²) in [7, 11) is 1.72. The lowest BCUT2D eigenvalue weighted by Crippen LogP contribution is -2.24. The highest BCUT2D eigenvalue weighted by atomic mass is 35.5. The van der Waals surface area contributed by atoms with E-state index in [9.17, 15) is 0 Å². The van der Waals surface area contributed by atoms with Gasteiger partial charge >= 0.3 is 0 Å². The number of halogens is 1. The van der Waals surface area contributed by atoms with Crippen molar-refractivity contribution < 1.29 is 9.26 Å². The summed E-state index contributed by atoms with van der Waals surface area (Å²) in [6.45, 7) is 5.19. The molecule has 8 heteroatoms. The Hall–Kier alpha value is -1.86. The molecule has 1 aliphatic heterocycles. The number of nitrogens with two attached hydrogens (primary N) is 1. The van der Waals surface area contributed by atoms with Crippen LogP contribution in [-0.2, 0) is 11.2 Å². The summed E-state index contributed by atoms with van der Waals surface area (Å²) in [6, 6.07) is 1.95. The molecule has 2 N–H and O–H groups in total. The summed E-state index contributed by atoms with van der Waals surface area (Å²) in [6.07, 6.45) is 0.820. The van der Waals surface area contributed by atoms with Crippen molar-refractivity contribution >= 4 is 23.4 Å². The van der Waals surface area contributed by atoms with E-state index in [-0.39, 0.29) is 18.0 Å². The topological polar surface area (TPSA) is 90.3 Å². The molecule has 0 bridgehead atoms. The zero-order valence-electron chi connectivity index (χ0n) is 13.4. The average molecular weight is 338 g/mol.